The number of phenolic OH excluding ortho intramolecular Hbond substituents is 1. The molecule has 0 atom stereocenters. The molecule has 0 amide bonds. The lowest BCUT2D eigenvalue weighted by atomic mass is 10.0. The van der Waals surface area contributed by atoms with Crippen molar-refractivity contribution >= 4 is 37.6 Å². The van der Waals surface area contributed by atoms with Crippen LogP contribution in [0.15, 0.2) is 83.8 Å². The Labute approximate surface area is 155 Å². The first-order valence-electron chi connectivity index (χ1n) is 8.14. The van der Waals surface area contributed by atoms with Gasteiger partial charge in [-0.3, -0.25) is 0 Å². The van der Waals surface area contributed by atoms with Crippen molar-refractivity contribution in [1.82, 2.24) is 0 Å². The monoisotopic (exact) mass is 378 g/mol. The molecule has 0 fully saturated rings. The number of fused-ring (bicyclic) bond motifs is 2. The van der Waals surface area contributed by atoms with Gasteiger partial charge in [0.2, 0.25) is 0 Å². The lowest BCUT2D eigenvalue weighted by molar-refractivity contribution is 0.0748. The highest BCUT2D eigenvalue weighted by atomic mass is 32.2. The zero-order chi connectivity index (χ0) is 19.0. The molecule has 6 heteroatoms. The van der Waals surface area contributed by atoms with Gasteiger partial charge in [-0.15, -0.1) is 0 Å². The molecule has 4 aromatic rings. The molecular formula is C21H14O5S. The minimum absolute atomic E-state index is 0.0191. The fourth-order valence-electron chi connectivity index (χ4n) is 3.07. The van der Waals surface area contributed by atoms with Gasteiger partial charge in [0.1, 0.15) is 10.6 Å². The predicted molar refractivity (Wildman–Crippen MR) is 102 cm³/mol. The van der Waals surface area contributed by atoms with Gasteiger partial charge < -0.3 is 9.29 Å². The van der Waals surface area contributed by atoms with Crippen LogP contribution < -0.4 is 0 Å². The summed E-state index contributed by atoms with van der Waals surface area (Å²) in [5.41, 5.74) is -0.0191. The minimum atomic E-state index is -4.35. The number of carbonyl (C=O) groups excluding carboxylic acids is 1. The summed E-state index contributed by atoms with van der Waals surface area (Å²) in [6.07, 6.45) is 0. The molecule has 27 heavy (non-hydrogen) atoms. The Morgan fingerprint density at radius 1 is 0.778 bits per heavy atom. The quantitative estimate of drug-likeness (QED) is 0.539. The maximum atomic E-state index is 12.7. The third-order valence-corrected chi connectivity index (χ3v) is 5.54. The van der Waals surface area contributed by atoms with Gasteiger partial charge >= 0.3 is 16.1 Å². The first-order chi connectivity index (χ1) is 13.0. The van der Waals surface area contributed by atoms with Crippen molar-refractivity contribution in [2.45, 2.75) is 4.90 Å². The Morgan fingerprint density at radius 2 is 1.41 bits per heavy atom. The molecule has 0 aromatic heterocycles. The normalized spacial score (nSPS) is 11.6. The Balaban J connectivity index is 1.79. The van der Waals surface area contributed by atoms with Crippen molar-refractivity contribution in [3.63, 3.8) is 0 Å². The summed E-state index contributed by atoms with van der Waals surface area (Å²) in [4.78, 5) is 12.5. The number of phenols is 1. The Hall–Kier alpha value is -3.38. The van der Waals surface area contributed by atoms with Crippen molar-refractivity contribution in [3.05, 3.63) is 84.4 Å². The van der Waals surface area contributed by atoms with E-state index in [1.807, 2.05) is 0 Å². The molecule has 0 unspecified atom stereocenters. The number of rotatable bonds is 3. The Morgan fingerprint density at radius 3 is 2.19 bits per heavy atom. The van der Waals surface area contributed by atoms with Gasteiger partial charge in [-0.1, -0.05) is 60.7 Å². The van der Waals surface area contributed by atoms with E-state index in [1.54, 1.807) is 60.7 Å². The predicted octanol–water partition coefficient (Wildman–Crippen LogP) is 4.24. The third kappa shape index (κ3) is 3.11. The van der Waals surface area contributed by atoms with Crippen LogP contribution in [-0.4, -0.2) is 19.5 Å². The van der Waals surface area contributed by atoms with E-state index in [4.69, 9.17) is 4.18 Å². The molecule has 0 aliphatic carbocycles. The highest BCUT2D eigenvalue weighted by Gasteiger charge is 2.25. The van der Waals surface area contributed by atoms with Crippen LogP contribution in [0.5, 0.6) is 5.75 Å². The standard InChI is InChI=1S/C21H14O5S/c22-16-12-15-7-2-3-9-17(15)19(13-16)21(23)26-27(24,25)20-11-5-8-14-6-1-4-10-18(14)20/h1-13,22H. The van der Waals surface area contributed by atoms with E-state index in [2.05, 4.69) is 0 Å². The van der Waals surface area contributed by atoms with Crippen LogP contribution in [0.4, 0.5) is 0 Å². The summed E-state index contributed by atoms with van der Waals surface area (Å²) in [6, 6.07) is 21.2. The number of hydrogen-bond donors (Lipinski definition) is 1. The zero-order valence-electron chi connectivity index (χ0n) is 14.0. The summed E-state index contributed by atoms with van der Waals surface area (Å²) in [6.45, 7) is 0. The highest BCUT2D eigenvalue weighted by Crippen LogP contribution is 2.28. The van der Waals surface area contributed by atoms with E-state index in [-0.39, 0.29) is 16.2 Å². The van der Waals surface area contributed by atoms with Gasteiger partial charge in [-0.25, -0.2) is 4.79 Å². The van der Waals surface area contributed by atoms with Crippen molar-refractivity contribution in [2.75, 3.05) is 0 Å². The van der Waals surface area contributed by atoms with Crippen LogP contribution in [0.25, 0.3) is 21.5 Å². The first-order valence-corrected chi connectivity index (χ1v) is 9.55. The highest BCUT2D eigenvalue weighted by molar-refractivity contribution is 7.87. The summed E-state index contributed by atoms with van der Waals surface area (Å²) >= 11 is 0. The molecule has 0 radical (unpaired) electrons. The molecule has 0 spiro atoms. The van der Waals surface area contributed by atoms with Crippen LogP contribution in [-0.2, 0) is 14.3 Å². The van der Waals surface area contributed by atoms with Gasteiger partial charge in [-0.05, 0) is 34.4 Å². The molecular weight excluding hydrogens is 364 g/mol. The van der Waals surface area contributed by atoms with Gasteiger partial charge in [-0.2, -0.15) is 8.42 Å². The molecule has 0 aliphatic heterocycles. The van der Waals surface area contributed by atoms with Gasteiger partial charge in [0, 0.05) is 5.39 Å². The van der Waals surface area contributed by atoms with Gasteiger partial charge in [0.15, 0.2) is 0 Å². The molecule has 0 saturated carbocycles. The molecule has 4 rings (SSSR count). The molecule has 0 heterocycles. The number of benzene rings is 4. The second-order valence-corrected chi connectivity index (χ2v) is 7.53. The fraction of sp³-hybridized carbons (Fsp3) is 0. The molecule has 0 saturated heterocycles. The van der Waals surface area contributed by atoms with E-state index < -0.39 is 16.1 Å². The van der Waals surface area contributed by atoms with Crippen LogP contribution in [0.2, 0.25) is 0 Å². The average Bonchev–Trinajstić information content (AvgIpc) is 2.66. The van der Waals surface area contributed by atoms with E-state index in [1.165, 1.54) is 18.2 Å². The Kier molecular flexibility index (Phi) is 4.05. The van der Waals surface area contributed by atoms with Crippen molar-refractivity contribution < 1.29 is 22.5 Å². The topological polar surface area (TPSA) is 80.7 Å². The Bertz CT molecular complexity index is 1290. The number of aromatic hydroxyl groups is 1. The molecule has 1 N–H and O–H groups in total. The van der Waals surface area contributed by atoms with E-state index in [0.717, 1.165) is 5.39 Å². The molecule has 0 aliphatic rings. The average molecular weight is 378 g/mol. The van der Waals surface area contributed by atoms with E-state index in [0.29, 0.717) is 16.2 Å². The van der Waals surface area contributed by atoms with Crippen LogP contribution in [0.1, 0.15) is 10.4 Å². The van der Waals surface area contributed by atoms with Crippen LogP contribution in [0.3, 0.4) is 0 Å². The summed E-state index contributed by atoms with van der Waals surface area (Å²) < 4.78 is 30.4. The first kappa shape index (κ1) is 17.1. The SMILES string of the molecule is O=C(OS(=O)(=O)c1cccc2ccccc12)c1cc(O)cc2ccccc12. The maximum Gasteiger partial charge on any atom is 0.354 e. The fourth-order valence-corrected chi connectivity index (χ4v) is 4.15. The maximum absolute atomic E-state index is 12.7. The number of hydrogen-bond acceptors (Lipinski definition) is 5. The minimum Gasteiger partial charge on any atom is -0.508 e. The molecule has 5 nitrogen and oxygen atoms in total. The molecule has 134 valence electrons. The summed E-state index contributed by atoms with van der Waals surface area (Å²) in [5.74, 6) is -1.20. The second-order valence-electron chi connectivity index (χ2n) is 6.02. The lowest BCUT2D eigenvalue weighted by Crippen LogP contribution is -2.14. The van der Waals surface area contributed by atoms with Crippen molar-refractivity contribution in [2.24, 2.45) is 0 Å². The van der Waals surface area contributed by atoms with Crippen LogP contribution in [0, 0.1) is 0 Å². The summed E-state index contributed by atoms with van der Waals surface area (Å²) in [7, 11) is -4.35. The van der Waals surface area contributed by atoms with Crippen LogP contribution >= 0.6 is 0 Å². The molecule has 0 bridgehead atoms. The third-order valence-electron chi connectivity index (χ3n) is 4.27. The molecule has 4 aromatic carbocycles. The second kappa shape index (κ2) is 6.41. The zero-order valence-corrected chi connectivity index (χ0v) is 14.8. The van der Waals surface area contributed by atoms with E-state index >= 15 is 0 Å². The van der Waals surface area contributed by atoms with Crippen molar-refractivity contribution in [1.29, 1.82) is 0 Å². The number of carbonyl (C=O) groups is 1. The van der Waals surface area contributed by atoms with E-state index in [9.17, 15) is 18.3 Å². The van der Waals surface area contributed by atoms with Gasteiger partial charge in [0.25, 0.3) is 0 Å². The van der Waals surface area contributed by atoms with Gasteiger partial charge in [0.05, 0.1) is 5.56 Å². The summed E-state index contributed by atoms with van der Waals surface area (Å²) in [5, 5.41) is 12.1. The lowest BCUT2D eigenvalue weighted by Gasteiger charge is -2.10. The smallest absolute Gasteiger partial charge is 0.354 e. The van der Waals surface area contributed by atoms with Crippen molar-refractivity contribution in [3.8, 4) is 5.75 Å². The largest absolute Gasteiger partial charge is 0.508 e.